The number of nitrogens with zero attached hydrogens (tertiary/aromatic N) is 3. The fourth-order valence-corrected chi connectivity index (χ4v) is 3.44. The molecule has 4 N–H and O–H groups in total. The molecule has 1 fully saturated rings. The number of nitrogens with one attached hydrogen (secondary N) is 3. The van der Waals surface area contributed by atoms with Gasteiger partial charge in [-0.3, -0.25) is 10.2 Å². The first-order valence-corrected chi connectivity index (χ1v) is 11.6. The zero-order valence-corrected chi connectivity index (χ0v) is 20.5. The lowest BCUT2D eigenvalue weighted by molar-refractivity contribution is 0.0281. The summed E-state index contributed by atoms with van der Waals surface area (Å²) in [5, 5.41) is 18.3. The van der Waals surface area contributed by atoms with Crippen LogP contribution >= 0.6 is 0 Å². The number of carbonyl (C=O) groups excluding carboxylic acids is 1. The van der Waals surface area contributed by atoms with E-state index in [4.69, 9.17) is 9.57 Å². The van der Waals surface area contributed by atoms with E-state index in [2.05, 4.69) is 26.4 Å². The molecule has 2 aromatic rings. The highest BCUT2D eigenvalue weighted by Gasteiger charge is 2.17. The summed E-state index contributed by atoms with van der Waals surface area (Å²) in [5.41, 5.74) is 8.31. The largest absolute Gasteiger partial charge is 0.444 e. The monoisotopic (exact) mass is 482 g/mol. The Hall–Kier alpha value is -3.47. The second-order valence-corrected chi connectivity index (χ2v) is 8.94. The van der Waals surface area contributed by atoms with Crippen LogP contribution in [0.3, 0.4) is 0 Å². The molecule has 1 aliphatic rings. The minimum atomic E-state index is -0.596. The summed E-state index contributed by atoms with van der Waals surface area (Å²) in [7, 11) is 0. The van der Waals surface area contributed by atoms with E-state index in [9.17, 15) is 9.90 Å². The highest BCUT2D eigenvalue weighted by molar-refractivity contribution is 6.08. The second-order valence-electron chi connectivity index (χ2n) is 8.94. The number of ether oxygens (including phenoxy) is 1. The van der Waals surface area contributed by atoms with Gasteiger partial charge in [0.1, 0.15) is 24.8 Å². The zero-order chi connectivity index (χ0) is 25.1. The molecule has 10 nitrogen and oxygen atoms in total. The van der Waals surface area contributed by atoms with E-state index in [1.165, 1.54) is 0 Å². The van der Waals surface area contributed by atoms with Gasteiger partial charge in [0, 0.05) is 17.8 Å². The van der Waals surface area contributed by atoms with Crippen LogP contribution in [0.2, 0.25) is 0 Å². The number of hydrazine groups is 1. The standard InChI is InChI=1S/C25H34N6O4/c1-25(2,3)35-24(33)28-23-14-9-12-20(27-23)17-34-30-29-22(19-10-5-4-6-11-19)16-21-13-7-8-15-31(21)26-18-32/h4-6,9-12,14,16,26,30,32H,7-8,13,15,17-18H2,1-3H3,(H,27,28,33)/b21-16-,29-22-. The van der Waals surface area contributed by atoms with Crippen LogP contribution in [0.1, 0.15) is 51.3 Å². The molecular formula is C25H34N6O4. The SMILES string of the molecule is CC(C)(C)OC(=O)Nc1cccc(CON/N=C(/C=C2/CCCCN2NCO)c2ccccc2)n1. The van der Waals surface area contributed by atoms with Crippen molar-refractivity contribution in [2.75, 3.05) is 18.6 Å². The van der Waals surface area contributed by atoms with E-state index in [0.717, 1.165) is 37.1 Å². The van der Waals surface area contributed by atoms with Crippen molar-refractivity contribution in [1.29, 1.82) is 0 Å². The molecule has 1 aromatic heterocycles. The molecule has 2 heterocycles. The Morgan fingerprint density at radius 3 is 2.71 bits per heavy atom. The minimum Gasteiger partial charge on any atom is -0.444 e. The minimum absolute atomic E-state index is 0.129. The van der Waals surface area contributed by atoms with Gasteiger partial charge in [-0.15, -0.1) is 0 Å². The Labute approximate surface area is 206 Å². The van der Waals surface area contributed by atoms with Crippen LogP contribution in [0.5, 0.6) is 0 Å². The first kappa shape index (κ1) is 26.1. The Morgan fingerprint density at radius 2 is 1.97 bits per heavy atom. The quantitative estimate of drug-likeness (QED) is 0.185. The van der Waals surface area contributed by atoms with Crippen LogP contribution in [0, 0.1) is 0 Å². The van der Waals surface area contributed by atoms with Crippen LogP contribution < -0.4 is 16.3 Å². The average Bonchev–Trinajstić information content (AvgIpc) is 2.82. The molecule has 0 atom stereocenters. The van der Waals surface area contributed by atoms with Crippen molar-refractivity contribution in [2.24, 2.45) is 5.10 Å². The number of aliphatic hydroxyl groups is 1. The Balaban J connectivity index is 1.65. The van der Waals surface area contributed by atoms with Gasteiger partial charge in [0.2, 0.25) is 0 Å². The van der Waals surface area contributed by atoms with E-state index in [0.29, 0.717) is 17.2 Å². The van der Waals surface area contributed by atoms with Gasteiger partial charge in [-0.2, -0.15) is 10.7 Å². The number of allylic oxidation sites excluding steroid dienone is 2. The number of piperidine rings is 1. The van der Waals surface area contributed by atoms with Crippen LogP contribution in [0.4, 0.5) is 10.6 Å². The Morgan fingerprint density at radius 1 is 1.17 bits per heavy atom. The third-order valence-electron chi connectivity index (χ3n) is 4.93. The van der Waals surface area contributed by atoms with Crippen LogP contribution in [0.15, 0.2) is 65.4 Å². The number of anilines is 1. The summed E-state index contributed by atoms with van der Waals surface area (Å²) in [4.78, 5) is 21.9. The number of hydrazone groups is 1. The molecule has 0 bridgehead atoms. The normalized spacial score (nSPS) is 15.7. The predicted octanol–water partition coefficient (Wildman–Crippen LogP) is 3.68. The lowest BCUT2D eigenvalue weighted by Gasteiger charge is -2.31. The maximum absolute atomic E-state index is 12.0. The lowest BCUT2D eigenvalue weighted by atomic mass is 10.0. The summed E-state index contributed by atoms with van der Waals surface area (Å²) in [5.74, 6) is 0.368. The van der Waals surface area contributed by atoms with Gasteiger partial charge in [0.05, 0.1) is 11.4 Å². The van der Waals surface area contributed by atoms with E-state index in [1.54, 1.807) is 39.0 Å². The van der Waals surface area contributed by atoms with Crippen LogP contribution in [-0.2, 0) is 16.2 Å². The van der Waals surface area contributed by atoms with Crippen molar-refractivity contribution in [3.63, 3.8) is 0 Å². The van der Waals surface area contributed by atoms with Crippen LogP contribution in [-0.4, -0.2) is 45.8 Å². The number of hydrogen-bond donors (Lipinski definition) is 4. The lowest BCUT2D eigenvalue weighted by Crippen LogP contribution is -2.40. The van der Waals surface area contributed by atoms with E-state index in [1.807, 2.05) is 41.4 Å². The van der Waals surface area contributed by atoms with Gasteiger partial charge in [0.15, 0.2) is 0 Å². The third-order valence-corrected chi connectivity index (χ3v) is 4.93. The van der Waals surface area contributed by atoms with Crippen molar-refractivity contribution in [1.82, 2.24) is 21.0 Å². The van der Waals surface area contributed by atoms with Gasteiger partial charge >= 0.3 is 6.09 Å². The summed E-state index contributed by atoms with van der Waals surface area (Å²) < 4.78 is 5.25. The number of hydrogen-bond acceptors (Lipinski definition) is 9. The maximum atomic E-state index is 12.0. The molecule has 10 heteroatoms. The number of amides is 1. The first-order chi connectivity index (χ1) is 16.8. The van der Waals surface area contributed by atoms with Gasteiger partial charge in [-0.25, -0.2) is 15.2 Å². The number of pyridine rings is 1. The summed E-state index contributed by atoms with van der Waals surface area (Å²) in [6, 6.07) is 15.0. The number of aliphatic hydroxyl groups excluding tert-OH is 1. The molecule has 0 aliphatic carbocycles. The second kappa shape index (κ2) is 12.8. The fourth-order valence-electron chi connectivity index (χ4n) is 3.44. The van der Waals surface area contributed by atoms with Crippen molar-refractivity contribution >= 4 is 17.6 Å². The Bertz CT molecular complexity index is 1020. The van der Waals surface area contributed by atoms with Crippen molar-refractivity contribution in [3.8, 4) is 0 Å². The van der Waals surface area contributed by atoms with Crippen LogP contribution in [0.25, 0.3) is 0 Å². The molecule has 188 valence electrons. The van der Waals surface area contributed by atoms with Gasteiger partial charge < -0.3 is 14.9 Å². The summed E-state index contributed by atoms with van der Waals surface area (Å²) >= 11 is 0. The van der Waals surface area contributed by atoms with Gasteiger partial charge in [0.25, 0.3) is 0 Å². The molecule has 0 spiro atoms. The Kier molecular flexibility index (Phi) is 9.59. The van der Waals surface area contributed by atoms with Crippen molar-refractivity contribution in [3.05, 3.63) is 71.6 Å². The molecule has 1 aliphatic heterocycles. The first-order valence-electron chi connectivity index (χ1n) is 11.6. The van der Waals surface area contributed by atoms with Gasteiger partial charge in [-0.1, -0.05) is 36.4 Å². The molecule has 1 aromatic carbocycles. The smallest absolute Gasteiger partial charge is 0.413 e. The molecule has 0 radical (unpaired) electrons. The number of aromatic nitrogens is 1. The summed E-state index contributed by atoms with van der Waals surface area (Å²) in [6.07, 6.45) is 4.41. The molecule has 35 heavy (non-hydrogen) atoms. The number of rotatable bonds is 9. The third kappa shape index (κ3) is 9.01. The maximum Gasteiger partial charge on any atom is 0.413 e. The zero-order valence-electron chi connectivity index (χ0n) is 20.5. The highest BCUT2D eigenvalue weighted by atomic mass is 16.7. The van der Waals surface area contributed by atoms with Crippen molar-refractivity contribution in [2.45, 2.75) is 52.2 Å². The number of benzene rings is 1. The summed E-state index contributed by atoms with van der Waals surface area (Å²) in [6.45, 7) is 6.20. The fraction of sp³-hybridized carbons (Fsp3) is 0.400. The molecule has 1 saturated heterocycles. The van der Waals surface area contributed by atoms with E-state index >= 15 is 0 Å². The number of carbonyl (C=O) groups is 1. The predicted molar refractivity (Wildman–Crippen MR) is 134 cm³/mol. The highest BCUT2D eigenvalue weighted by Crippen LogP contribution is 2.19. The topological polar surface area (TPSA) is 120 Å². The molecule has 0 saturated carbocycles. The molecule has 1 amide bonds. The van der Waals surface area contributed by atoms with E-state index in [-0.39, 0.29) is 13.3 Å². The van der Waals surface area contributed by atoms with E-state index < -0.39 is 11.7 Å². The molecule has 3 rings (SSSR count). The molecular weight excluding hydrogens is 448 g/mol. The molecule has 0 unspecified atom stereocenters. The van der Waals surface area contributed by atoms with Gasteiger partial charge in [-0.05, 0) is 58.2 Å². The average molecular weight is 483 g/mol. The van der Waals surface area contributed by atoms with Crippen molar-refractivity contribution < 1.29 is 19.5 Å².